The van der Waals surface area contributed by atoms with Crippen LogP contribution in [0.1, 0.15) is 11.7 Å². The molecule has 0 unspecified atom stereocenters. The van der Waals surface area contributed by atoms with Crippen molar-refractivity contribution in [2.24, 2.45) is 0 Å². The first kappa shape index (κ1) is 15.2. The summed E-state index contributed by atoms with van der Waals surface area (Å²) in [6.45, 7) is 0.354. The topological polar surface area (TPSA) is 97.0 Å². The zero-order valence-corrected chi connectivity index (χ0v) is 13.2. The molecule has 0 aliphatic carbocycles. The van der Waals surface area contributed by atoms with Crippen molar-refractivity contribution in [2.75, 3.05) is 11.9 Å². The smallest absolute Gasteiger partial charge is 0.135 e. The quantitative estimate of drug-likeness (QED) is 0.579. The minimum Gasteiger partial charge on any atom is -0.387 e. The van der Waals surface area contributed by atoms with E-state index in [1.807, 2.05) is 54.6 Å². The Bertz CT molecular complexity index is 987. The molecule has 0 radical (unpaired) electrons. The first-order valence-corrected chi connectivity index (χ1v) is 7.81. The Balaban J connectivity index is 1.51. The third-order valence-electron chi connectivity index (χ3n) is 3.88. The molecule has 2 N–H and O–H groups in total. The molecule has 124 valence electrons. The van der Waals surface area contributed by atoms with Crippen molar-refractivity contribution >= 4 is 16.9 Å². The fraction of sp³-hybridized carbons (Fsp3) is 0.111. The van der Waals surface area contributed by atoms with Gasteiger partial charge in [-0.3, -0.25) is 0 Å². The molecular formula is C18H15N5O2. The molecule has 0 aliphatic heterocycles. The highest BCUT2D eigenvalue weighted by molar-refractivity contribution is 5.79. The number of fused-ring (bicyclic) bond motifs is 1. The number of hydrogen-bond donors (Lipinski definition) is 2. The lowest BCUT2D eigenvalue weighted by atomic mass is 10.1. The first-order valence-electron chi connectivity index (χ1n) is 7.81. The molecule has 0 saturated carbocycles. The van der Waals surface area contributed by atoms with E-state index in [1.165, 1.54) is 6.33 Å². The zero-order chi connectivity index (χ0) is 17.1. The monoisotopic (exact) mass is 333 g/mol. The van der Waals surface area contributed by atoms with E-state index in [0.717, 1.165) is 16.8 Å². The summed E-state index contributed by atoms with van der Waals surface area (Å²) in [4.78, 5) is 8.50. The average Bonchev–Trinajstić information content (AvgIpc) is 3.15. The maximum atomic E-state index is 10.2. The molecule has 25 heavy (non-hydrogen) atoms. The van der Waals surface area contributed by atoms with Crippen LogP contribution in [-0.4, -0.2) is 31.9 Å². The predicted molar refractivity (Wildman–Crippen MR) is 92.7 cm³/mol. The molecule has 2 heterocycles. The third kappa shape index (κ3) is 3.31. The summed E-state index contributed by atoms with van der Waals surface area (Å²) in [7, 11) is 0. The molecular weight excluding hydrogens is 318 g/mol. The van der Waals surface area contributed by atoms with E-state index in [1.54, 1.807) is 0 Å². The fourth-order valence-corrected chi connectivity index (χ4v) is 2.55. The van der Waals surface area contributed by atoms with Crippen molar-refractivity contribution in [1.82, 2.24) is 20.3 Å². The van der Waals surface area contributed by atoms with Crippen LogP contribution in [0.5, 0.6) is 0 Å². The Morgan fingerprint density at radius 1 is 0.960 bits per heavy atom. The molecule has 7 nitrogen and oxygen atoms in total. The van der Waals surface area contributed by atoms with Gasteiger partial charge < -0.3 is 10.4 Å². The Morgan fingerprint density at radius 3 is 2.68 bits per heavy atom. The van der Waals surface area contributed by atoms with Crippen molar-refractivity contribution < 1.29 is 9.74 Å². The maximum Gasteiger partial charge on any atom is 0.135 e. The van der Waals surface area contributed by atoms with E-state index >= 15 is 0 Å². The van der Waals surface area contributed by atoms with Crippen LogP contribution in [0.3, 0.4) is 0 Å². The second-order valence-electron chi connectivity index (χ2n) is 5.56. The molecule has 0 amide bonds. The lowest BCUT2D eigenvalue weighted by Gasteiger charge is -2.13. The van der Waals surface area contributed by atoms with Crippen LogP contribution in [-0.2, 0) is 0 Å². The van der Waals surface area contributed by atoms with Crippen LogP contribution >= 0.6 is 0 Å². The lowest BCUT2D eigenvalue weighted by molar-refractivity contribution is 0.191. The van der Waals surface area contributed by atoms with Crippen LogP contribution in [0.15, 0.2) is 65.6 Å². The van der Waals surface area contributed by atoms with Crippen molar-refractivity contribution in [3.8, 4) is 11.3 Å². The first-order chi connectivity index (χ1) is 12.3. The van der Waals surface area contributed by atoms with E-state index in [2.05, 4.69) is 25.6 Å². The number of hydrogen-bond acceptors (Lipinski definition) is 7. The van der Waals surface area contributed by atoms with Crippen molar-refractivity contribution in [2.45, 2.75) is 6.10 Å². The maximum absolute atomic E-state index is 10.2. The summed E-state index contributed by atoms with van der Waals surface area (Å²) in [6.07, 6.45) is 0.870. The molecule has 7 heteroatoms. The molecule has 0 spiro atoms. The summed E-state index contributed by atoms with van der Waals surface area (Å²) in [5, 5.41) is 21.0. The molecule has 4 aromatic rings. The number of anilines is 1. The summed E-state index contributed by atoms with van der Waals surface area (Å²) < 4.78 is 4.71. The second kappa shape index (κ2) is 6.66. The molecule has 2 aromatic carbocycles. The Kier molecular flexibility index (Phi) is 4.05. The van der Waals surface area contributed by atoms with Crippen molar-refractivity contribution in [3.05, 3.63) is 66.5 Å². The highest BCUT2D eigenvalue weighted by Crippen LogP contribution is 2.22. The Labute approximate surface area is 143 Å². The minimum absolute atomic E-state index is 0.354. The number of aromatic nitrogens is 4. The number of nitrogens with zero attached hydrogens (tertiary/aromatic N) is 4. The molecule has 0 bridgehead atoms. The average molecular weight is 333 g/mol. The van der Waals surface area contributed by atoms with Gasteiger partial charge in [0.1, 0.15) is 23.2 Å². The van der Waals surface area contributed by atoms with Crippen LogP contribution in [0.4, 0.5) is 5.82 Å². The normalized spacial score (nSPS) is 12.2. The number of benzene rings is 2. The van der Waals surface area contributed by atoms with Gasteiger partial charge in [-0.1, -0.05) is 36.4 Å². The molecule has 1 atom stereocenters. The predicted octanol–water partition coefficient (Wildman–Crippen LogP) is 2.83. The van der Waals surface area contributed by atoms with Gasteiger partial charge in [0.05, 0.1) is 11.8 Å². The summed E-state index contributed by atoms with van der Waals surface area (Å²) in [5.74, 6) is 0.637. The number of rotatable bonds is 5. The standard InChI is InChI=1S/C18H15N5O2/c24-17(12-4-2-1-3-5-12)10-19-18-9-15(20-11-21-18)13-6-7-14-16(8-13)23-25-22-14/h1-9,11,17,24H,10H2,(H,19,20,21)/t17-/m0/s1. The molecule has 0 fully saturated rings. The van der Waals surface area contributed by atoms with Gasteiger partial charge >= 0.3 is 0 Å². The van der Waals surface area contributed by atoms with Gasteiger partial charge in [0.25, 0.3) is 0 Å². The van der Waals surface area contributed by atoms with Crippen LogP contribution in [0.2, 0.25) is 0 Å². The van der Waals surface area contributed by atoms with Gasteiger partial charge in [-0.15, -0.1) is 0 Å². The SMILES string of the molecule is O[C@@H](CNc1cc(-c2ccc3nonc3c2)ncn1)c1ccccc1. The van der Waals surface area contributed by atoms with Gasteiger partial charge in [-0.05, 0) is 28.0 Å². The van der Waals surface area contributed by atoms with E-state index in [9.17, 15) is 5.11 Å². The lowest BCUT2D eigenvalue weighted by Crippen LogP contribution is -2.13. The van der Waals surface area contributed by atoms with Crippen molar-refractivity contribution in [3.63, 3.8) is 0 Å². The van der Waals surface area contributed by atoms with Crippen LogP contribution < -0.4 is 5.32 Å². The Morgan fingerprint density at radius 2 is 1.80 bits per heavy atom. The number of aliphatic hydroxyl groups excluding tert-OH is 1. The van der Waals surface area contributed by atoms with Crippen LogP contribution in [0.25, 0.3) is 22.3 Å². The van der Waals surface area contributed by atoms with Gasteiger partial charge in [-0.25, -0.2) is 14.6 Å². The third-order valence-corrected chi connectivity index (χ3v) is 3.88. The fourth-order valence-electron chi connectivity index (χ4n) is 2.55. The van der Waals surface area contributed by atoms with E-state index < -0.39 is 6.10 Å². The Hall–Kier alpha value is -3.32. The highest BCUT2D eigenvalue weighted by Gasteiger charge is 2.09. The summed E-state index contributed by atoms with van der Waals surface area (Å²) in [5.41, 5.74) is 3.86. The van der Waals surface area contributed by atoms with Gasteiger partial charge in [0.2, 0.25) is 0 Å². The molecule has 4 rings (SSSR count). The van der Waals surface area contributed by atoms with Gasteiger partial charge in [0, 0.05) is 18.2 Å². The van der Waals surface area contributed by atoms with Gasteiger partial charge in [-0.2, -0.15) is 0 Å². The number of aliphatic hydroxyl groups is 1. The summed E-state index contributed by atoms with van der Waals surface area (Å²) in [6, 6.07) is 16.9. The van der Waals surface area contributed by atoms with E-state index in [0.29, 0.717) is 23.4 Å². The molecule has 0 saturated heterocycles. The van der Waals surface area contributed by atoms with E-state index in [-0.39, 0.29) is 0 Å². The minimum atomic E-state index is -0.614. The van der Waals surface area contributed by atoms with E-state index in [4.69, 9.17) is 4.63 Å². The number of nitrogens with one attached hydrogen (secondary N) is 1. The highest BCUT2D eigenvalue weighted by atomic mass is 16.6. The molecule has 0 aliphatic rings. The second-order valence-corrected chi connectivity index (χ2v) is 5.56. The molecule has 2 aromatic heterocycles. The van der Waals surface area contributed by atoms with Crippen LogP contribution in [0, 0.1) is 0 Å². The summed E-state index contributed by atoms with van der Waals surface area (Å²) >= 11 is 0. The van der Waals surface area contributed by atoms with Crippen molar-refractivity contribution in [1.29, 1.82) is 0 Å². The largest absolute Gasteiger partial charge is 0.387 e. The van der Waals surface area contributed by atoms with Gasteiger partial charge in [0.15, 0.2) is 0 Å². The zero-order valence-electron chi connectivity index (χ0n) is 13.2.